The van der Waals surface area contributed by atoms with Gasteiger partial charge in [0.15, 0.2) is 0 Å². The maximum atomic E-state index is 5.87. The van der Waals surface area contributed by atoms with Gasteiger partial charge in [-0.3, -0.25) is 4.68 Å². The Hall–Kier alpha value is -1.97. The van der Waals surface area contributed by atoms with Crippen LogP contribution in [0.2, 0.25) is 0 Å². The maximum Gasteiger partial charge on any atom is 0.0815 e. The molecule has 0 saturated carbocycles. The zero-order valence-electron chi connectivity index (χ0n) is 9.57. The molecule has 0 saturated heterocycles. The third-order valence-corrected chi connectivity index (χ3v) is 2.44. The zero-order valence-corrected chi connectivity index (χ0v) is 9.57. The largest absolute Gasteiger partial charge is 0.397 e. The van der Waals surface area contributed by atoms with Crippen molar-refractivity contribution in [2.24, 2.45) is 7.05 Å². The number of nitrogens with one attached hydrogen (secondary N) is 1. The molecule has 1 aromatic heterocycles. The van der Waals surface area contributed by atoms with Gasteiger partial charge in [0.05, 0.1) is 23.6 Å². The van der Waals surface area contributed by atoms with Gasteiger partial charge in [-0.2, -0.15) is 5.10 Å². The predicted molar refractivity (Wildman–Crippen MR) is 66.1 cm³/mol. The van der Waals surface area contributed by atoms with Crippen LogP contribution in [0.5, 0.6) is 0 Å². The van der Waals surface area contributed by atoms with E-state index in [0.717, 1.165) is 17.1 Å². The van der Waals surface area contributed by atoms with Crippen molar-refractivity contribution in [1.82, 2.24) is 9.78 Å². The van der Waals surface area contributed by atoms with Crippen LogP contribution in [0.15, 0.2) is 30.5 Å². The third-order valence-electron chi connectivity index (χ3n) is 2.44. The number of nitrogens with zero attached hydrogens (tertiary/aromatic N) is 2. The summed E-state index contributed by atoms with van der Waals surface area (Å²) in [6.07, 6.45) is 1.93. The predicted octanol–water partition coefficient (Wildman–Crippen LogP) is 1.92. The standard InChI is InChI=1S/C12H16N4/c1-9-3-4-11(13)12(7-9)14-8-10-5-6-16(2)15-10/h3-7,14H,8,13H2,1-2H3. The molecule has 3 N–H and O–H groups in total. The lowest BCUT2D eigenvalue weighted by atomic mass is 10.2. The Kier molecular flexibility index (Phi) is 2.81. The van der Waals surface area contributed by atoms with E-state index in [4.69, 9.17) is 5.73 Å². The summed E-state index contributed by atoms with van der Waals surface area (Å²) in [4.78, 5) is 0. The van der Waals surface area contributed by atoms with Crippen molar-refractivity contribution in [2.75, 3.05) is 11.1 Å². The average molecular weight is 216 g/mol. The molecule has 1 aromatic carbocycles. The summed E-state index contributed by atoms with van der Waals surface area (Å²) in [5.74, 6) is 0. The third kappa shape index (κ3) is 2.34. The summed E-state index contributed by atoms with van der Waals surface area (Å²) < 4.78 is 1.79. The highest BCUT2D eigenvalue weighted by molar-refractivity contribution is 5.66. The van der Waals surface area contributed by atoms with Gasteiger partial charge >= 0.3 is 0 Å². The van der Waals surface area contributed by atoms with Crippen LogP contribution < -0.4 is 11.1 Å². The molecular formula is C12H16N4. The van der Waals surface area contributed by atoms with Crippen LogP contribution in [0.25, 0.3) is 0 Å². The first-order valence-corrected chi connectivity index (χ1v) is 5.23. The van der Waals surface area contributed by atoms with Crippen molar-refractivity contribution in [3.63, 3.8) is 0 Å². The van der Waals surface area contributed by atoms with Crippen molar-refractivity contribution in [2.45, 2.75) is 13.5 Å². The summed E-state index contributed by atoms with van der Waals surface area (Å²) in [6, 6.07) is 7.94. The minimum absolute atomic E-state index is 0.689. The fourth-order valence-electron chi connectivity index (χ4n) is 1.57. The first-order valence-electron chi connectivity index (χ1n) is 5.23. The Morgan fingerprint density at radius 1 is 1.38 bits per heavy atom. The number of hydrogen-bond donors (Lipinski definition) is 2. The van der Waals surface area contributed by atoms with Crippen molar-refractivity contribution in [3.8, 4) is 0 Å². The van der Waals surface area contributed by atoms with E-state index in [9.17, 15) is 0 Å². The molecule has 84 valence electrons. The number of nitrogen functional groups attached to an aromatic ring is 1. The van der Waals surface area contributed by atoms with E-state index in [0.29, 0.717) is 6.54 Å². The second-order valence-corrected chi connectivity index (χ2v) is 3.93. The molecule has 2 rings (SSSR count). The van der Waals surface area contributed by atoms with Gasteiger partial charge in [-0.05, 0) is 30.7 Å². The normalized spacial score (nSPS) is 10.4. The number of nitrogens with two attached hydrogens (primary N) is 1. The molecule has 0 atom stereocenters. The number of anilines is 2. The Morgan fingerprint density at radius 2 is 2.19 bits per heavy atom. The molecule has 0 spiro atoms. The van der Waals surface area contributed by atoms with Crippen LogP contribution in [-0.2, 0) is 13.6 Å². The van der Waals surface area contributed by atoms with Crippen molar-refractivity contribution in [3.05, 3.63) is 41.7 Å². The van der Waals surface area contributed by atoms with Crippen molar-refractivity contribution in [1.29, 1.82) is 0 Å². The molecule has 0 amide bonds. The van der Waals surface area contributed by atoms with Crippen LogP contribution >= 0.6 is 0 Å². The van der Waals surface area contributed by atoms with Gasteiger partial charge in [-0.15, -0.1) is 0 Å². The molecule has 0 aliphatic carbocycles. The van der Waals surface area contributed by atoms with Gasteiger partial charge in [-0.1, -0.05) is 6.07 Å². The molecule has 4 nitrogen and oxygen atoms in total. The van der Waals surface area contributed by atoms with Crippen LogP contribution in [0.1, 0.15) is 11.3 Å². The maximum absolute atomic E-state index is 5.87. The number of aryl methyl sites for hydroxylation is 2. The van der Waals surface area contributed by atoms with E-state index < -0.39 is 0 Å². The molecule has 0 bridgehead atoms. The molecule has 2 aromatic rings. The molecule has 0 unspecified atom stereocenters. The molecule has 0 aliphatic rings. The SMILES string of the molecule is Cc1ccc(N)c(NCc2ccn(C)n2)c1. The zero-order chi connectivity index (χ0) is 11.5. The van der Waals surface area contributed by atoms with Crippen molar-refractivity contribution < 1.29 is 0 Å². The fraction of sp³-hybridized carbons (Fsp3) is 0.250. The number of aromatic nitrogens is 2. The van der Waals surface area contributed by atoms with Gasteiger partial charge in [0.25, 0.3) is 0 Å². The lowest BCUT2D eigenvalue weighted by Crippen LogP contribution is -2.03. The van der Waals surface area contributed by atoms with Crippen molar-refractivity contribution >= 4 is 11.4 Å². The summed E-state index contributed by atoms with van der Waals surface area (Å²) in [6.45, 7) is 2.74. The second-order valence-electron chi connectivity index (χ2n) is 3.93. The van der Waals surface area contributed by atoms with Crippen LogP contribution in [0, 0.1) is 6.92 Å². The average Bonchev–Trinajstić information content (AvgIpc) is 2.66. The number of rotatable bonds is 3. The smallest absolute Gasteiger partial charge is 0.0815 e. The summed E-state index contributed by atoms with van der Waals surface area (Å²) >= 11 is 0. The van der Waals surface area contributed by atoms with E-state index in [-0.39, 0.29) is 0 Å². The number of hydrogen-bond acceptors (Lipinski definition) is 3. The monoisotopic (exact) mass is 216 g/mol. The quantitative estimate of drug-likeness (QED) is 0.771. The first kappa shape index (κ1) is 10.5. The minimum Gasteiger partial charge on any atom is -0.397 e. The van der Waals surface area contributed by atoms with E-state index in [2.05, 4.69) is 10.4 Å². The van der Waals surface area contributed by atoms with Crippen LogP contribution in [0.3, 0.4) is 0 Å². The fourth-order valence-corrected chi connectivity index (χ4v) is 1.57. The lowest BCUT2D eigenvalue weighted by molar-refractivity contribution is 0.747. The summed E-state index contributed by atoms with van der Waals surface area (Å²) in [5.41, 5.74) is 9.80. The molecule has 0 fully saturated rings. The molecule has 4 heteroatoms. The lowest BCUT2D eigenvalue weighted by Gasteiger charge is -2.08. The highest BCUT2D eigenvalue weighted by atomic mass is 15.3. The molecular weight excluding hydrogens is 200 g/mol. The highest BCUT2D eigenvalue weighted by Gasteiger charge is 2.00. The Bertz CT molecular complexity index is 488. The van der Waals surface area contributed by atoms with Gasteiger partial charge in [0.1, 0.15) is 0 Å². The summed E-state index contributed by atoms with van der Waals surface area (Å²) in [5, 5.41) is 7.57. The van der Waals surface area contributed by atoms with Crippen LogP contribution in [0.4, 0.5) is 11.4 Å². The Balaban J connectivity index is 2.07. The Labute approximate surface area is 95.1 Å². The second kappa shape index (κ2) is 4.26. The van der Waals surface area contributed by atoms with Gasteiger partial charge in [0, 0.05) is 13.2 Å². The van der Waals surface area contributed by atoms with Gasteiger partial charge < -0.3 is 11.1 Å². The van der Waals surface area contributed by atoms with Gasteiger partial charge in [0.2, 0.25) is 0 Å². The van der Waals surface area contributed by atoms with Gasteiger partial charge in [-0.25, -0.2) is 0 Å². The molecule has 0 aliphatic heterocycles. The number of benzene rings is 1. The first-order chi connectivity index (χ1) is 7.65. The van der Waals surface area contributed by atoms with E-state index in [1.165, 1.54) is 5.56 Å². The van der Waals surface area contributed by atoms with E-state index in [1.807, 2.05) is 44.4 Å². The van der Waals surface area contributed by atoms with E-state index >= 15 is 0 Å². The molecule has 1 heterocycles. The van der Waals surface area contributed by atoms with E-state index in [1.54, 1.807) is 4.68 Å². The highest BCUT2D eigenvalue weighted by Crippen LogP contribution is 2.19. The molecule has 0 radical (unpaired) electrons. The Morgan fingerprint density at radius 3 is 2.88 bits per heavy atom. The molecule has 16 heavy (non-hydrogen) atoms. The van der Waals surface area contributed by atoms with Crippen LogP contribution in [-0.4, -0.2) is 9.78 Å². The topological polar surface area (TPSA) is 55.9 Å². The minimum atomic E-state index is 0.689. The summed E-state index contributed by atoms with van der Waals surface area (Å²) in [7, 11) is 1.91.